The molecule has 0 aromatic heterocycles. The molecule has 0 heterocycles. The number of hydrogen-bond donors (Lipinski definition) is 12. The normalized spacial score (nSPS) is 13.2. The number of Topliss-reactive ketones (excluding diaryl/α,β-unsaturated/α-hetero) is 1. The monoisotopic (exact) mass is 1120 g/mol. The Morgan fingerprint density at radius 1 is 0.449 bits per heavy atom. The molecule has 5 atom stereocenters. The highest BCUT2D eigenvalue weighted by atomic mass is 16.5. The predicted molar refractivity (Wildman–Crippen MR) is 268 cm³/mol. The van der Waals surface area contributed by atoms with Crippen molar-refractivity contribution >= 4 is 71.3 Å². The Morgan fingerprint density at radius 2 is 0.808 bits per heavy atom. The van der Waals surface area contributed by atoms with E-state index in [4.69, 9.17) is 44.8 Å². The summed E-state index contributed by atoms with van der Waals surface area (Å²) in [4.78, 5) is 143. The third-order valence-corrected chi connectivity index (χ3v) is 11.6. The lowest BCUT2D eigenvalue weighted by molar-refractivity contribution is -0.152. The van der Waals surface area contributed by atoms with Gasteiger partial charge < -0.3 is 76.1 Å². The molecule has 0 bridgehead atoms. The van der Waals surface area contributed by atoms with E-state index < -0.39 is 135 Å². The number of nitrogens with zero attached hydrogens (tertiary/aromatic N) is 3. The molecular formula is C48H78N6O24. The van der Waals surface area contributed by atoms with Crippen LogP contribution in [-0.4, -0.2) is 248 Å². The van der Waals surface area contributed by atoms with E-state index in [0.717, 1.165) is 14.7 Å². The summed E-state index contributed by atoms with van der Waals surface area (Å²) < 4.78 is 17.8. The summed E-state index contributed by atoms with van der Waals surface area (Å²) in [5.74, 6) is -13.6. The largest absolute Gasteiger partial charge is 0.480 e. The number of ketones is 1. The molecule has 0 spiro atoms. The second-order valence-corrected chi connectivity index (χ2v) is 18.0. The number of amides is 2. The van der Waals surface area contributed by atoms with Gasteiger partial charge in [0.2, 0.25) is 11.8 Å². The summed E-state index contributed by atoms with van der Waals surface area (Å²) in [7, 11) is 0. The number of allylic oxidation sites excluding steroid dienone is 1. The van der Waals surface area contributed by atoms with Gasteiger partial charge in [-0.3, -0.25) is 72.2 Å². The van der Waals surface area contributed by atoms with Crippen molar-refractivity contribution < 1.29 is 118 Å². The summed E-state index contributed by atoms with van der Waals surface area (Å²) >= 11 is 0. The van der Waals surface area contributed by atoms with Crippen LogP contribution in [0.25, 0.3) is 0 Å². The summed E-state index contributed by atoms with van der Waals surface area (Å²) in [5.41, 5.74) is 0.562. The number of nitrogens with one attached hydrogen (secondary N) is 3. The first-order chi connectivity index (χ1) is 36.8. The molecule has 0 fully saturated rings. The van der Waals surface area contributed by atoms with Crippen molar-refractivity contribution in [1.82, 2.24) is 30.7 Å². The molecule has 0 saturated carbocycles. The number of carboxylic acids is 9. The molecule has 0 aromatic rings. The number of unbranched alkanes of at least 4 members (excludes halogenated alkanes) is 4. The molecule has 0 rings (SSSR count). The molecule has 444 valence electrons. The fraction of sp³-hybridized carbons (Fsp3) is 0.708. The molecule has 30 heteroatoms. The minimum Gasteiger partial charge on any atom is -0.480 e. The van der Waals surface area contributed by atoms with Gasteiger partial charge in [0.05, 0.1) is 78.3 Å². The van der Waals surface area contributed by atoms with E-state index in [0.29, 0.717) is 31.4 Å². The molecule has 0 saturated heterocycles. The number of hydrogen-bond acceptors (Lipinski definition) is 19. The molecule has 0 radical (unpaired) electrons. The van der Waals surface area contributed by atoms with Gasteiger partial charge in [-0.1, -0.05) is 26.3 Å². The number of carboxylic acid groups (broad SMARTS) is 9. The van der Waals surface area contributed by atoms with E-state index in [1.54, 1.807) is 0 Å². The summed E-state index contributed by atoms with van der Waals surface area (Å²) in [5, 5.41) is 92.1. The number of rotatable bonds is 52. The van der Waals surface area contributed by atoms with Crippen LogP contribution in [0.5, 0.6) is 0 Å². The summed E-state index contributed by atoms with van der Waals surface area (Å²) in [6.45, 7) is 0.744. The standard InChI is InChI=1S/C48H78N6O24/c1-3-31(2)51-33(29-76-21-16-38(56)49-18-9-7-13-35(47(72)73)53(25-42(62)63)26-43(64)65)37(78-22-17-39(57)50-19-10-8-14-36(48(74)75)54(27-44(66)67)28-45(68)69)30-77-20-15-32(55)11-5-4-6-12-34(46(70)71)52(23-40(58)59)24-41(60)61/h33-37,51H,2-30H2,1H3,(H,49,56)(H,50,57)(H,58,59)(H,60,61)(H,62,63)(H,64,65)(H,66,67)(H,68,69)(H,70,71)(H,72,73)(H,74,75). The Morgan fingerprint density at radius 3 is 1.18 bits per heavy atom. The molecule has 0 aliphatic heterocycles. The molecule has 78 heavy (non-hydrogen) atoms. The first-order valence-electron chi connectivity index (χ1n) is 25.2. The highest BCUT2D eigenvalue weighted by molar-refractivity contribution is 5.80. The average Bonchev–Trinajstić information content (AvgIpc) is 3.32. The molecule has 5 unspecified atom stereocenters. The Kier molecular flexibility index (Phi) is 37.6. The Labute approximate surface area is 450 Å². The van der Waals surface area contributed by atoms with Gasteiger partial charge in [-0.2, -0.15) is 0 Å². The van der Waals surface area contributed by atoms with E-state index in [9.17, 15) is 72.9 Å². The maximum atomic E-state index is 12.8. The van der Waals surface area contributed by atoms with E-state index in [1.165, 1.54) is 0 Å². The maximum Gasteiger partial charge on any atom is 0.320 e. The van der Waals surface area contributed by atoms with Gasteiger partial charge in [0, 0.05) is 44.5 Å². The second kappa shape index (κ2) is 41.3. The molecular weight excluding hydrogens is 1040 g/mol. The zero-order valence-electron chi connectivity index (χ0n) is 43.9. The fourth-order valence-electron chi connectivity index (χ4n) is 7.73. The predicted octanol–water partition coefficient (Wildman–Crippen LogP) is -0.677. The van der Waals surface area contributed by atoms with Gasteiger partial charge in [0.1, 0.15) is 30.0 Å². The first kappa shape index (κ1) is 71.1. The van der Waals surface area contributed by atoms with Crippen LogP contribution >= 0.6 is 0 Å². The van der Waals surface area contributed by atoms with Crippen LogP contribution in [0.4, 0.5) is 0 Å². The van der Waals surface area contributed by atoms with Gasteiger partial charge in [-0.25, -0.2) is 0 Å². The quantitative estimate of drug-likeness (QED) is 0.0336. The Hall–Kier alpha value is -6.86. The van der Waals surface area contributed by atoms with E-state index in [1.807, 2.05) is 6.92 Å². The van der Waals surface area contributed by atoms with Gasteiger partial charge in [-0.05, 0) is 57.8 Å². The van der Waals surface area contributed by atoms with Crippen LogP contribution < -0.4 is 16.0 Å². The summed E-state index contributed by atoms with van der Waals surface area (Å²) in [6, 6.07) is -4.83. The van der Waals surface area contributed by atoms with Crippen molar-refractivity contribution in [2.75, 3.05) is 85.4 Å². The molecule has 0 aromatic carbocycles. The number of carbonyl (C=O) groups is 12. The van der Waals surface area contributed by atoms with Crippen molar-refractivity contribution in [2.45, 2.75) is 134 Å². The van der Waals surface area contributed by atoms with Crippen LogP contribution in [0.15, 0.2) is 12.3 Å². The summed E-state index contributed by atoms with van der Waals surface area (Å²) in [6.07, 6.45) is 1.19. The Balaban J connectivity index is 5.63. The van der Waals surface area contributed by atoms with E-state index in [2.05, 4.69) is 22.5 Å². The van der Waals surface area contributed by atoms with Crippen molar-refractivity contribution in [2.24, 2.45) is 0 Å². The van der Waals surface area contributed by atoms with Gasteiger partial charge in [0.15, 0.2) is 0 Å². The minimum absolute atomic E-state index is 0.0261. The highest BCUT2D eigenvalue weighted by Gasteiger charge is 2.31. The minimum atomic E-state index is -1.40. The van der Waals surface area contributed by atoms with Crippen LogP contribution in [0.1, 0.15) is 103 Å². The van der Waals surface area contributed by atoms with Gasteiger partial charge in [0.25, 0.3) is 0 Å². The third-order valence-electron chi connectivity index (χ3n) is 11.6. The van der Waals surface area contributed by atoms with Crippen LogP contribution in [0.2, 0.25) is 0 Å². The number of carbonyl (C=O) groups excluding carboxylic acids is 3. The molecule has 0 aliphatic rings. The molecule has 2 amide bonds. The van der Waals surface area contributed by atoms with Gasteiger partial charge >= 0.3 is 53.7 Å². The maximum absolute atomic E-state index is 12.8. The molecule has 30 nitrogen and oxygen atoms in total. The molecule has 12 N–H and O–H groups in total. The van der Waals surface area contributed by atoms with Crippen molar-refractivity contribution in [3.8, 4) is 0 Å². The highest BCUT2D eigenvalue weighted by Crippen LogP contribution is 2.15. The average molecular weight is 1120 g/mol. The smallest absolute Gasteiger partial charge is 0.320 e. The second-order valence-electron chi connectivity index (χ2n) is 18.0. The lowest BCUT2D eigenvalue weighted by Crippen LogP contribution is -2.47. The van der Waals surface area contributed by atoms with Crippen molar-refractivity contribution in [3.05, 3.63) is 12.3 Å². The third kappa shape index (κ3) is 35.5. The van der Waals surface area contributed by atoms with Crippen molar-refractivity contribution in [3.63, 3.8) is 0 Å². The van der Waals surface area contributed by atoms with Gasteiger partial charge in [-0.15, -0.1) is 0 Å². The molecule has 0 aliphatic carbocycles. The lowest BCUT2D eigenvalue weighted by atomic mass is 10.0. The number of ether oxygens (including phenoxy) is 3. The SMILES string of the molecule is C=C(CC)NC(COCCC(=O)NCCCCC(C(=O)O)N(CC(=O)O)CC(=O)O)C(COCCC(=O)CCCCCC(C(=O)O)N(CC(=O)O)CC(=O)O)OCCC(=O)NCCCCC(C(=O)O)N(CC(=O)O)CC(=O)O. The zero-order valence-corrected chi connectivity index (χ0v) is 43.9. The van der Waals surface area contributed by atoms with Crippen LogP contribution in [0, 0.1) is 0 Å². The van der Waals surface area contributed by atoms with Crippen LogP contribution in [-0.2, 0) is 71.7 Å². The number of aliphatic carboxylic acids is 9. The van der Waals surface area contributed by atoms with E-state index >= 15 is 0 Å². The van der Waals surface area contributed by atoms with Crippen LogP contribution in [0.3, 0.4) is 0 Å². The topological polar surface area (TPSA) is 460 Å². The zero-order chi connectivity index (χ0) is 59.2. The lowest BCUT2D eigenvalue weighted by Gasteiger charge is -2.29. The fourth-order valence-corrected chi connectivity index (χ4v) is 7.73. The van der Waals surface area contributed by atoms with Crippen molar-refractivity contribution in [1.29, 1.82) is 0 Å². The first-order valence-corrected chi connectivity index (χ1v) is 25.2. The Bertz CT molecular complexity index is 1920. The van der Waals surface area contributed by atoms with E-state index in [-0.39, 0.29) is 123 Å².